The van der Waals surface area contributed by atoms with E-state index in [9.17, 15) is 37.5 Å². The van der Waals surface area contributed by atoms with Crippen LogP contribution in [0.4, 0.5) is 24.9 Å². The van der Waals surface area contributed by atoms with E-state index < -0.39 is 38.5 Å². The van der Waals surface area contributed by atoms with Gasteiger partial charge in [0.05, 0.1) is 10.6 Å². The van der Waals surface area contributed by atoms with Crippen LogP contribution in [-0.2, 0) is 40.3 Å². The van der Waals surface area contributed by atoms with Gasteiger partial charge in [-0.15, -0.1) is 0 Å². The Bertz CT molecular complexity index is 2890. The summed E-state index contributed by atoms with van der Waals surface area (Å²) in [7, 11) is -3.66. The number of fused-ring (bicyclic) bond motifs is 1. The van der Waals surface area contributed by atoms with E-state index in [2.05, 4.69) is 74.6 Å². The molecule has 2 aliphatic heterocycles. The molecule has 0 saturated carbocycles. The molecule has 0 aromatic heterocycles. The second-order valence-corrected chi connectivity index (χ2v) is 28.8. The van der Waals surface area contributed by atoms with E-state index in [1.54, 1.807) is 43.9 Å². The number of aliphatic imine (C=N–C) groups is 1. The highest BCUT2D eigenvalue weighted by molar-refractivity contribution is 7.89. The standard InChI is InChI=1S/C32H43N5O6S.C18H30N2O2.C11H24N2O2.C8H18N2O2/c1-5-13-36(14-7-12-34-31(40)43-32(2,3)4)30(39)26-15-25-11-10-24(17-28(25)35-29(33)18-26)23-8-6-9-27(16-23)44(41,42)37-19-22(20-37)21-38;1-5-13-20(15-16-10-7-6-8-11-16)14-9-12-19-17(21)22-18(2,3)4;1-5-7-12-8-6-9-13-10(14)15-11(2,3)4;1-8(2,3)12-7(11)10-6-4-5-9/h6,8-11,15-17,22,38H,5,7,12-14,18-21H2,1-4H3,(H2,33,35)(H,34,40);6-8,10-11H,5,9,12-15H2,1-4H3,(H,19,21);12H,5-9H2,1-4H3,(H,13,14);4-6,9H2,1-3H3,(H,10,11). The van der Waals surface area contributed by atoms with Gasteiger partial charge >= 0.3 is 24.4 Å². The zero-order chi connectivity index (χ0) is 69.8. The smallest absolute Gasteiger partial charge is 0.407 e. The molecule has 524 valence electrons. The van der Waals surface area contributed by atoms with E-state index in [0.29, 0.717) is 88.0 Å². The van der Waals surface area contributed by atoms with E-state index in [4.69, 9.17) is 30.4 Å². The number of amidine groups is 1. The van der Waals surface area contributed by atoms with Crippen molar-refractivity contribution < 1.29 is 56.4 Å². The summed E-state index contributed by atoms with van der Waals surface area (Å²) in [6.07, 6.45) is 6.71. The van der Waals surface area contributed by atoms with Crippen molar-refractivity contribution in [3.63, 3.8) is 0 Å². The molecule has 0 radical (unpaired) electrons. The predicted octanol–water partition coefficient (Wildman–Crippen LogP) is 10.5. The summed E-state index contributed by atoms with van der Waals surface area (Å²) < 4.78 is 48.1. The maximum Gasteiger partial charge on any atom is 0.407 e. The lowest BCUT2D eigenvalue weighted by Gasteiger charge is -2.36. The van der Waals surface area contributed by atoms with Crippen LogP contribution in [0, 0.1) is 5.92 Å². The monoisotopic (exact) mass is 1320 g/mol. The Balaban J connectivity index is 0.000000496. The number of carbonyl (C=O) groups is 5. The van der Waals surface area contributed by atoms with Gasteiger partial charge in [0, 0.05) is 95.5 Å². The molecule has 0 spiro atoms. The molecule has 2 aliphatic rings. The first-order valence-corrected chi connectivity index (χ1v) is 34.3. The molecule has 3 aromatic carbocycles. The summed E-state index contributed by atoms with van der Waals surface area (Å²) >= 11 is 0. The average Bonchev–Trinajstić information content (AvgIpc) is 1.29. The van der Waals surface area contributed by atoms with Crippen LogP contribution < -0.4 is 38.1 Å². The third-order valence-electron chi connectivity index (χ3n) is 13.1. The summed E-state index contributed by atoms with van der Waals surface area (Å²) in [5, 5.41) is 23.4. The van der Waals surface area contributed by atoms with Gasteiger partial charge in [0.1, 0.15) is 28.2 Å². The number of aliphatic hydroxyl groups excluding tert-OH is 1. The van der Waals surface area contributed by atoms with Gasteiger partial charge in [0.2, 0.25) is 15.9 Å². The van der Waals surface area contributed by atoms with Crippen molar-refractivity contribution >= 4 is 57.9 Å². The molecule has 0 unspecified atom stereocenters. The largest absolute Gasteiger partial charge is 0.444 e. The van der Waals surface area contributed by atoms with Crippen LogP contribution >= 0.6 is 0 Å². The van der Waals surface area contributed by atoms with Crippen LogP contribution in [0.25, 0.3) is 17.2 Å². The van der Waals surface area contributed by atoms with Gasteiger partial charge in [-0.05, 0) is 195 Å². The number of amides is 5. The topological polar surface area (TPSA) is 311 Å². The van der Waals surface area contributed by atoms with Crippen molar-refractivity contribution in [1.29, 1.82) is 0 Å². The maximum atomic E-state index is 13.6. The first-order chi connectivity index (χ1) is 43.6. The SMILES string of the molecule is CC(C)(C)OC(=O)NCCCN.CCCN(CCCNC(=O)OC(C)(C)C)C(=O)C1=Cc2ccc(-c3cccc(S(=O)(=O)N4CC(CO)C4)c3)cc2N=C(N)C1.CCCN(CCCNC(=O)OC(C)(C)C)Cc1ccccc1.CCCNCCCNC(=O)OC(C)(C)C. The Hall–Kier alpha value is -6.83. The molecule has 0 bridgehead atoms. The van der Waals surface area contributed by atoms with Gasteiger partial charge in [-0.1, -0.05) is 75.4 Å². The number of carbonyl (C=O) groups excluding carboxylic acids is 5. The van der Waals surface area contributed by atoms with Crippen molar-refractivity contribution in [2.24, 2.45) is 22.4 Å². The first-order valence-electron chi connectivity index (χ1n) is 32.8. The quantitative estimate of drug-likeness (QED) is 0.0247. The maximum absolute atomic E-state index is 13.6. The van der Waals surface area contributed by atoms with Gasteiger partial charge in [-0.3, -0.25) is 9.69 Å². The fourth-order valence-corrected chi connectivity index (χ4v) is 10.6. The Morgan fingerprint density at radius 1 is 0.602 bits per heavy atom. The number of hydrogen-bond acceptors (Lipinski definition) is 17. The van der Waals surface area contributed by atoms with Crippen LogP contribution in [0.2, 0.25) is 0 Å². The number of aliphatic hydroxyl groups is 1. The summed E-state index contributed by atoms with van der Waals surface area (Å²) in [5.74, 6) is 0.142. The number of hydrogen-bond donors (Lipinski definition) is 8. The van der Waals surface area contributed by atoms with Crippen LogP contribution in [0.15, 0.2) is 88.3 Å². The Morgan fingerprint density at radius 2 is 1.11 bits per heavy atom. The number of ether oxygens (including phenoxy) is 4. The highest BCUT2D eigenvalue weighted by atomic mass is 32.2. The molecule has 1 fully saturated rings. The minimum absolute atomic E-state index is 0.0269. The Morgan fingerprint density at radius 3 is 1.60 bits per heavy atom. The molecular formula is C69H115N11O12S. The van der Waals surface area contributed by atoms with Crippen molar-refractivity contribution in [1.82, 2.24) is 40.7 Å². The third kappa shape index (κ3) is 36.4. The van der Waals surface area contributed by atoms with Gasteiger partial charge in [0.25, 0.3) is 0 Å². The van der Waals surface area contributed by atoms with Crippen molar-refractivity contribution in [3.05, 3.63) is 89.5 Å². The normalized spacial score (nSPS) is 13.4. The number of nitrogens with two attached hydrogens (primary N) is 2. The fraction of sp³-hybridized carbons (Fsp3) is 0.623. The lowest BCUT2D eigenvalue weighted by atomic mass is 10.0. The highest BCUT2D eigenvalue weighted by Crippen LogP contribution is 2.34. The number of nitrogens with zero attached hydrogens (tertiary/aromatic N) is 4. The molecule has 1 saturated heterocycles. The van der Waals surface area contributed by atoms with Crippen LogP contribution in [0.1, 0.15) is 166 Å². The molecular weight excluding hydrogens is 1210 g/mol. The molecule has 24 heteroatoms. The lowest BCUT2D eigenvalue weighted by Crippen LogP contribution is -2.51. The predicted molar refractivity (Wildman–Crippen MR) is 372 cm³/mol. The van der Waals surface area contributed by atoms with Crippen molar-refractivity contribution in [2.75, 3.05) is 91.7 Å². The Kier molecular flexibility index (Phi) is 37.0. The number of nitrogens with one attached hydrogen (secondary N) is 5. The molecule has 2 heterocycles. The molecule has 10 N–H and O–H groups in total. The van der Waals surface area contributed by atoms with Crippen molar-refractivity contribution in [3.8, 4) is 11.1 Å². The number of rotatable bonds is 28. The third-order valence-corrected chi connectivity index (χ3v) is 14.9. The molecule has 23 nitrogen and oxygen atoms in total. The number of alkyl carbamates (subject to hydrolysis) is 4. The average molecular weight is 1320 g/mol. The lowest BCUT2D eigenvalue weighted by molar-refractivity contribution is -0.127. The van der Waals surface area contributed by atoms with Crippen LogP contribution in [-0.4, -0.2) is 178 Å². The van der Waals surface area contributed by atoms with E-state index >= 15 is 0 Å². The zero-order valence-electron chi connectivity index (χ0n) is 58.6. The molecule has 3 aromatic rings. The molecule has 5 amide bonds. The van der Waals surface area contributed by atoms with Crippen LogP contribution in [0.5, 0.6) is 0 Å². The first kappa shape index (κ1) is 82.3. The van der Waals surface area contributed by atoms with Gasteiger partial charge < -0.3 is 67.0 Å². The van der Waals surface area contributed by atoms with Crippen molar-refractivity contribution in [2.45, 2.75) is 189 Å². The van der Waals surface area contributed by atoms with Gasteiger partial charge in [-0.2, -0.15) is 4.31 Å². The second kappa shape index (κ2) is 41.8. The van der Waals surface area contributed by atoms with E-state index in [1.165, 1.54) is 9.87 Å². The summed E-state index contributed by atoms with van der Waals surface area (Å²) in [5.41, 5.74) is 14.3. The summed E-state index contributed by atoms with van der Waals surface area (Å²) in [6.45, 7) is 37.8. The number of sulfonamides is 1. The summed E-state index contributed by atoms with van der Waals surface area (Å²) in [4.78, 5) is 68.3. The Labute approximate surface area is 556 Å². The molecule has 5 rings (SSSR count). The summed E-state index contributed by atoms with van der Waals surface area (Å²) in [6, 6.07) is 22.8. The second-order valence-electron chi connectivity index (χ2n) is 26.8. The minimum atomic E-state index is -3.66. The zero-order valence-corrected chi connectivity index (χ0v) is 59.5. The minimum Gasteiger partial charge on any atom is -0.444 e. The molecule has 93 heavy (non-hydrogen) atoms. The van der Waals surface area contributed by atoms with E-state index in [0.717, 1.165) is 82.4 Å². The fourth-order valence-electron chi connectivity index (χ4n) is 8.95. The van der Waals surface area contributed by atoms with E-state index in [1.807, 2.05) is 106 Å². The highest BCUT2D eigenvalue weighted by Gasteiger charge is 2.36. The molecule has 0 atom stereocenters. The van der Waals surface area contributed by atoms with Crippen LogP contribution in [0.3, 0.4) is 0 Å². The van der Waals surface area contributed by atoms with E-state index in [-0.39, 0.29) is 48.0 Å². The molecule has 0 aliphatic carbocycles. The number of benzene rings is 3. The van der Waals surface area contributed by atoms with Gasteiger partial charge in [-0.25, -0.2) is 32.6 Å². The van der Waals surface area contributed by atoms with Gasteiger partial charge in [0.15, 0.2) is 0 Å².